The number of nitrogens with zero attached hydrogens (tertiary/aromatic N) is 2. The Morgan fingerprint density at radius 1 is 1.24 bits per heavy atom. The molecule has 1 rings (SSSR count). The van der Waals surface area contributed by atoms with Crippen molar-refractivity contribution < 1.29 is 9.53 Å². The smallest absolute Gasteiger partial charge is 0.251 e. The second-order valence-corrected chi connectivity index (χ2v) is 4.66. The Bertz CT molecular complexity index is 465. The van der Waals surface area contributed by atoms with Crippen LogP contribution < -0.4 is 5.32 Å². The summed E-state index contributed by atoms with van der Waals surface area (Å²) < 4.78 is 4.99. The van der Waals surface area contributed by atoms with Crippen LogP contribution in [-0.4, -0.2) is 50.0 Å². The molecule has 0 spiro atoms. The Hall–Kier alpha value is -1.88. The molecule has 0 aliphatic carbocycles. The molecule has 1 aromatic carbocycles. The van der Waals surface area contributed by atoms with Crippen LogP contribution >= 0.6 is 0 Å². The average Bonchev–Trinajstić information content (AvgIpc) is 2.52. The van der Waals surface area contributed by atoms with Crippen molar-refractivity contribution in [1.82, 2.24) is 10.2 Å². The lowest BCUT2D eigenvalue weighted by Gasteiger charge is -2.17. The number of aliphatic imine (C=N–C) groups is 1. The molecule has 1 aromatic rings. The van der Waals surface area contributed by atoms with Crippen molar-refractivity contribution in [2.75, 3.05) is 33.3 Å². The number of ether oxygens (including phenoxy) is 1. The van der Waals surface area contributed by atoms with Crippen LogP contribution in [0.4, 0.5) is 5.69 Å². The van der Waals surface area contributed by atoms with E-state index in [0.29, 0.717) is 18.0 Å². The van der Waals surface area contributed by atoms with Crippen LogP contribution in [0.15, 0.2) is 29.3 Å². The first-order valence-corrected chi connectivity index (χ1v) is 7.30. The summed E-state index contributed by atoms with van der Waals surface area (Å²) in [5.41, 5.74) is 1.41. The monoisotopic (exact) mass is 291 g/mol. The number of hydrogen-bond acceptors (Lipinski definition) is 4. The third-order valence-electron chi connectivity index (χ3n) is 3.32. The molecule has 0 aromatic heterocycles. The quantitative estimate of drug-likeness (QED) is 0.620. The molecule has 0 radical (unpaired) electrons. The molecule has 0 bridgehead atoms. The van der Waals surface area contributed by atoms with Gasteiger partial charge in [-0.2, -0.15) is 0 Å². The molecule has 5 nitrogen and oxygen atoms in total. The summed E-state index contributed by atoms with van der Waals surface area (Å²) in [6.45, 7) is 9.54. The second kappa shape index (κ2) is 9.13. The molecule has 0 saturated carbocycles. The predicted octanol–water partition coefficient (Wildman–Crippen LogP) is 2.45. The minimum Gasteiger partial charge on any atom is -0.484 e. The predicted molar refractivity (Wildman–Crippen MR) is 86.3 cm³/mol. The molecule has 0 unspecified atom stereocenters. The van der Waals surface area contributed by atoms with Gasteiger partial charge in [0.05, 0.1) is 12.8 Å². The van der Waals surface area contributed by atoms with E-state index in [1.807, 2.05) is 12.1 Å². The highest BCUT2D eigenvalue weighted by Gasteiger charge is 2.05. The summed E-state index contributed by atoms with van der Waals surface area (Å²) in [5, 5.41) is 2.93. The summed E-state index contributed by atoms with van der Waals surface area (Å²) in [6.07, 6.45) is 0. The number of hydrogen-bond donors (Lipinski definition) is 1. The van der Waals surface area contributed by atoms with Crippen molar-refractivity contribution in [2.24, 2.45) is 4.99 Å². The lowest BCUT2D eigenvalue weighted by molar-refractivity contribution is 0.0949. The van der Waals surface area contributed by atoms with Gasteiger partial charge in [-0.1, -0.05) is 13.8 Å². The van der Waals surface area contributed by atoms with E-state index in [4.69, 9.17) is 4.74 Å². The van der Waals surface area contributed by atoms with Gasteiger partial charge in [0.15, 0.2) is 5.90 Å². The highest BCUT2D eigenvalue weighted by molar-refractivity contribution is 5.94. The van der Waals surface area contributed by atoms with Gasteiger partial charge in [0.25, 0.3) is 5.91 Å². The Morgan fingerprint density at radius 3 is 2.38 bits per heavy atom. The normalized spacial score (nSPS) is 11.6. The Balaban J connectivity index is 2.52. The fraction of sp³-hybridized carbons (Fsp3) is 0.500. The van der Waals surface area contributed by atoms with E-state index in [9.17, 15) is 4.79 Å². The zero-order valence-corrected chi connectivity index (χ0v) is 13.3. The molecule has 1 N–H and O–H groups in total. The average molecular weight is 291 g/mol. The topological polar surface area (TPSA) is 53.9 Å². The van der Waals surface area contributed by atoms with Crippen LogP contribution in [0.25, 0.3) is 0 Å². The van der Waals surface area contributed by atoms with Gasteiger partial charge in [0.2, 0.25) is 0 Å². The zero-order valence-electron chi connectivity index (χ0n) is 13.3. The fourth-order valence-corrected chi connectivity index (χ4v) is 1.88. The highest BCUT2D eigenvalue weighted by atomic mass is 16.5. The van der Waals surface area contributed by atoms with Gasteiger partial charge in [-0.05, 0) is 37.4 Å². The first-order chi connectivity index (χ1) is 10.1. The molecule has 116 valence electrons. The number of benzene rings is 1. The maximum atomic E-state index is 12.0. The van der Waals surface area contributed by atoms with E-state index in [-0.39, 0.29) is 5.91 Å². The molecular weight excluding hydrogens is 266 g/mol. The van der Waals surface area contributed by atoms with E-state index < -0.39 is 0 Å². The first-order valence-electron chi connectivity index (χ1n) is 7.30. The minimum absolute atomic E-state index is 0.0545. The Labute approximate surface area is 127 Å². The van der Waals surface area contributed by atoms with Crippen LogP contribution in [0.5, 0.6) is 0 Å². The SMILES string of the molecule is CCN(CC)CCNC(=O)c1ccc(/N=C(/C)OC)cc1. The van der Waals surface area contributed by atoms with E-state index >= 15 is 0 Å². The van der Waals surface area contributed by atoms with Crippen molar-refractivity contribution in [2.45, 2.75) is 20.8 Å². The number of rotatable bonds is 7. The van der Waals surface area contributed by atoms with Gasteiger partial charge in [-0.3, -0.25) is 4.79 Å². The van der Waals surface area contributed by atoms with Gasteiger partial charge in [-0.15, -0.1) is 0 Å². The molecule has 0 aliphatic rings. The van der Waals surface area contributed by atoms with Crippen molar-refractivity contribution in [3.05, 3.63) is 29.8 Å². The van der Waals surface area contributed by atoms with Crippen molar-refractivity contribution >= 4 is 17.5 Å². The highest BCUT2D eigenvalue weighted by Crippen LogP contribution is 2.13. The number of likely N-dealkylation sites (N-methyl/N-ethyl adjacent to an activating group) is 1. The molecule has 0 fully saturated rings. The van der Waals surface area contributed by atoms with Gasteiger partial charge in [0, 0.05) is 25.6 Å². The standard InChI is InChI=1S/C16H25N3O2/c1-5-19(6-2)12-11-17-16(20)14-7-9-15(10-8-14)18-13(3)21-4/h7-10H,5-6,11-12H2,1-4H3,(H,17,20)/b18-13-. The van der Waals surface area contributed by atoms with Crippen LogP contribution in [0, 0.1) is 0 Å². The van der Waals surface area contributed by atoms with Gasteiger partial charge >= 0.3 is 0 Å². The molecule has 0 aliphatic heterocycles. The van der Waals surface area contributed by atoms with Crippen molar-refractivity contribution in [1.29, 1.82) is 0 Å². The molecule has 0 atom stereocenters. The lowest BCUT2D eigenvalue weighted by atomic mass is 10.2. The zero-order chi connectivity index (χ0) is 15.7. The third kappa shape index (κ3) is 5.95. The summed E-state index contributed by atoms with van der Waals surface area (Å²) >= 11 is 0. The van der Waals surface area contributed by atoms with Crippen LogP contribution in [-0.2, 0) is 4.74 Å². The van der Waals surface area contributed by atoms with Gasteiger partial charge in [-0.25, -0.2) is 4.99 Å². The van der Waals surface area contributed by atoms with Crippen molar-refractivity contribution in [3.8, 4) is 0 Å². The van der Waals surface area contributed by atoms with Gasteiger partial charge < -0.3 is 15.0 Å². The first kappa shape index (κ1) is 17.2. The summed E-state index contributed by atoms with van der Waals surface area (Å²) in [4.78, 5) is 18.5. The minimum atomic E-state index is -0.0545. The van der Waals surface area contributed by atoms with E-state index in [0.717, 1.165) is 25.3 Å². The molecule has 0 heterocycles. The van der Waals surface area contributed by atoms with Crippen molar-refractivity contribution in [3.63, 3.8) is 0 Å². The maximum absolute atomic E-state index is 12.0. The summed E-state index contributed by atoms with van der Waals surface area (Å²) in [6, 6.07) is 7.16. The molecular formula is C16H25N3O2. The largest absolute Gasteiger partial charge is 0.484 e. The molecule has 21 heavy (non-hydrogen) atoms. The van der Waals surface area contributed by atoms with Crippen LogP contribution in [0.3, 0.4) is 0 Å². The number of carbonyl (C=O) groups excluding carboxylic acids is 1. The van der Waals surface area contributed by atoms with E-state index in [2.05, 4.69) is 29.1 Å². The van der Waals surface area contributed by atoms with Crippen LogP contribution in [0.1, 0.15) is 31.1 Å². The van der Waals surface area contributed by atoms with E-state index in [1.165, 1.54) is 0 Å². The molecule has 0 saturated heterocycles. The maximum Gasteiger partial charge on any atom is 0.251 e. The Kier molecular flexibility index (Phi) is 7.46. The molecule has 1 amide bonds. The summed E-state index contributed by atoms with van der Waals surface area (Å²) in [5.74, 6) is 0.535. The third-order valence-corrected chi connectivity index (χ3v) is 3.32. The molecule has 5 heteroatoms. The number of nitrogens with one attached hydrogen (secondary N) is 1. The second-order valence-electron chi connectivity index (χ2n) is 4.66. The summed E-state index contributed by atoms with van der Waals surface area (Å²) in [7, 11) is 1.58. The van der Waals surface area contributed by atoms with E-state index in [1.54, 1.807) is 26.2 Å². The number of amides is 1. The van der Waals surface area contributed by atoms with Gasteiger partial charge in [0.1, 0.15) is 0 Å². The number of carbonyl (C=O) groups is 1. The lowest BCUT2D eigenvalue weighted by Crippen LogP contribution is -2.34. The van der Waals surface area contributed by atoms with Crippen LogP contribution in [0.2, 0.25) is 0 Å². The number of methoxy groups -OCH3 is 1. The Morgan fingerprint density at radius 2 is 1.86 bits per heavy atom. The fourth-order valence-electron chi connectivity index (χ4n) is 1.88.